The van der Waals surface area contributed by atoms with Crippen LogP contribution in [0.3, 0.4) is 0 Å². The molecule has 7 heteroatoms. The third-order valence-corrected chi connectivity index (χ3v) is 6.62. The molecule has 130 valence electrons. The first-order chi connectivity index (χ1) is 11.6. The Hall–Kier alpha value is -1.25. The summed E-state index contributed by atoms with van der Waals surface area (Å²) in [6, 6.07) is 9.37. The summed E-state index contributed by atoms with van der Waals surface area (Å²) in [5.74, 6) is 0. The van der Waals surface area contributed by atoms with E-state index < -0.39 is 10.0 Å². The van der Waals surface area contributed by atoms with Gasteiger partial charge in [0.05, 0.1) is 18.1 Å². The monoisotopic (exact) mass is 366 g/mol. The highest BCUT2D eigenvalue weighted by Gasteiger charge is 2.26. The summed E-state index contributed by atoms with van der Waals surface area (Å²) in [5.41, 5.74) is 2.28. The van der Waals surface area contributed by atoms with Crippen LogP contribution in [0.15, 0.2) is 46.0 Å². The standard InChI is InChI=1S/C17H22N2O3S2/c1-18(13-16-5-10-23-14-16)12-15-3-2-4-17(11-15)24(20,21)19-6-8-22-9-7-19/h2-5,10-11,14H,6-9,12-13H2,1H3. The first-order valence-corrected chi connectivity index (χ1v) is 10.3. The maximum Gasteiger partial charge on any atom is 0.243 e. The normalized spacial score (nSPS) is 16.6. The Morgan fingerprint density at radius 1 is 1.17 bits per heavy atom. The highest BCUT2D eigenvalue weighted by Crippen LogP contribution is 2.19. The molecule has 1 fully saturated rings. The van der Waals surface area contributed by atoms with E-state index in [1.54, 1.807) is 23.5 Å². The molecule has 0 spiro atoms. The molecular weight excluding hydrogens is 344 g/mol. The largest absolute Gasteiger partial charge is 0.379 e. The van der Waals surface area contributed by atoms with Crippen molar-refractivity contribution in [2.75, 3.05) is 33.4 Å². The van der Waals surface area contributed by atoms with Crippen molar-refractivity contribution in [3.63, 3.8) is 0 Å². The molecule has 0 aliphatic carbocycles. The molecule has 0 unspecified atom stereocenters. The van der Waals surface area contributed by atoms with Crippen molar-refractivity contribution in [3.05, 3.63) is 52.2 Å². The van der Waals surface area contributed by atoms with E-state index >= 15 is 0 Å². The molecule has 1 aliphatic rings. The van der Waals surface area contributed by atoms with Gasteiger partial charge in [0.25, 0.3) is 0 Å². The van der Waals surface area contributed by atoms with Crippen LogP contribution >= 0.6 is 11.3 Å². The number of nitrogens with zero attached hydrogens (tertiary/aromatic N) is 2. The van der Waals surface area contributed by atoms with Crippen LogP contribution in [-0.2, 0) is 27.8 Å². The van der Waals surface area contributed by atoms with E-state index in [1.165, 1.54) is 9.87 Å². The number of ether oxygens (including phenoxy) is 1. The number of morpholine rings is 1. The summed E-state index contributed by atoms with van der Waals surface area (Å²) in [4.78, 5) is 2.55. The molecule has 0 radical (unpaired) electrons. The molecule has 0 bridgehead atoms. The second kappa shape index (κ2) is 7.76. The number of sulfonamides is 1. The Labute approximate surface area is 147 Å². The molecule has 0 amide bonds. The summed E-state index contributed by atoms with van der Waals surface area (Å²) >= 11 is 1.69. The molecule has 2 heterocycles. The fourth-order valence-corrected chi connectivity index (χ4v) is 4.94. The molecular formula is C17H22N2O3S2. The second-order valence-corrected chi connectivity index (χ2v) is 8.69. The predicted octanol–water partition coefficient (Wildman–Crippen LogP) is 2.40. The van der Waals surface area contributed by atoms with Crippen LogP contribution in [-0.4, -0.2) is 51.0 Å². The smallest absolute Gasteiger partial charge is 0.243 e. The molecule has 0 atom stereocenters. The maximum atomic E-state index is 12.7. The van der Waals surface area contributed by atoms with Gasteiger partial charge >= 0.3 is 0 Å². The highest BCUT2D eigenvalue weighted by atomic mass is 32.2. The van der Waals surface area contributed by atoms with Gasteiger partial charge in [-0.05, 0) is 47.1 Å². The van der Waals surface area contributed by atoms with Gasteiger partial charge in [-0.1, -0.05) is 12.1 Å². The number of hydrogen-bond donors (Lipinski definition) is 0. The van der Waals surface area contributed by atoms with Crippen LogP contribution < -0.4 is 0 Å². The van der Waals surface area contributed by atoms with Crippen LogP contribution in [0, 0.1) is 0 Å². The van der Waals surface area contributed by atoms with E-state index in [1.807, 2.05) is 19.2 Å². The van der Waals surface area contributed by atoms with E-state index in [-0.39, 0.29) is 0 Å². The fourth-order valence-electron chi connectivity index (χ4n) is 2.80. The zero-order valence-electron chi connectivity index (χ0n) is 13.7. The van der Waals surface area contributed by atoms with Gasteiger partial charge in [-0.25, -0.2) is 8.42 Å². The quantitative estimate of drug-likeness (QED) is 0.788. The molecule has 1 aromatic carbocycles. The summed E-state index contributed by atoms with van der Waals surface area (Å²) in [6.07, 6.45) is 0. The lowest BCUT2D eigenvalue weighted by Gasteiger charge is -2.26. The first kappa shape index (κ1) is 17.6. The molecule has 3 rings (SSSR count). The predicted molar refractivity (Wildman–Crippen MR) is 95.5 cm³/mol. The Morgan fingerprint density at radius 2 is 1.92 bits per heavy atom. The lowest BCUT2D eigenvalue weighted by molar-refractivity contribution is 0.0730. The lowest BCUT2D eigenvalue weighted by Crippen LogP contribution is -2.40. The number of thiophene rings is 1. The van der Waals surface area contributed by atoms with E-state index in [9.17, 15) is 8.42 Å². The van der Waals surface area contributed by atoms with Crippen molar-refractivity contribution < 1.29 is 13.2 Å². The molecule has 0 saturated carbocycles. The topological polar surface area (TPSA) is 49.9 Å². The fraction of sp³-hybridized carbons (Fsp3) is 0.412. The number of benzene rings is 1. The van der Waals surface area contributed by atoms with Gasteiger partial charge in [0.1, 0.15) is 0 Å². The molecule has 1 saturated heterocycles. The summed E-state index contributed by atoms with van der Waals surface area (Å²) < 4.78 is 32.2. The molecule has 0 N–H and O–H groups in total. The molecule has 24 heavy (non-hydrogen) atoms. The zero-order valence-corrected chi connectivity index (χ0v) is 15.4. The van der Waals surface area contributed by atoms with Gasteiger partial charge in [0, 0.05) is 26.2 Å². The van der Waals surface area contributed by atoms with Crippen molar-refractivity contribution in [3.8, 4) is 0 Å². The van der Waals surface area contributed by atoms with Crippen LogP contribution in [0.4, 0.5) is 0 Å². The van der Waals surface area contributed by atoms with Crippen molar-refractivity contribution >= 4 is 21.4 Å². The van der Waals surface area contributed by atoms with E-state index in [0.29, 0.717) is 37.7 Å². The Bertz CT molecular complexity index is 754. The van der Waals surface area contributed by atoms with Crippen molar-refractivity contribution in [1.82, 2.24) is 9.21 Å². The van der Waals surface area contributed by atoms with Crippen molar-refractivity contribution in [2.24, 2.45) is 0 Å². The van der Waals surface area contributed by atoms with E-state index in [2.05, 4.69) is 21.7 Å². The van der Waals surface area contributed by atoms with Gasteiger partial charge in [0.15, 0.2) is 0 Å². The van der Waals surface area contributed by atoms with Gasteiger partial charge in [-0.3, -0.25) is 4.90 Å². The third kappa shape index (κ3) is 4.23. The average molecular weight is 367 g/mol. The highest BCUT2D eigenvalue weighted by molar-refractivity contribution is 7.89. The van der Waals surface area contributed by atoms with Crippen molar-refractivity contribution in [1.29, 1.82) is 0 Å². The Morgan fingerprint density at radius 3 is 2.62 bits per heavy atom. The minimum atomic E-state index is -3.43. The van der Waals surface area contributed by atoms with Gasteiger partial charge in [-0.15, -0.1) is 0 Å². The number of hydrogen-bond acceptors (Lipinski definition) is 5. The zero-order chi connectivity index (χ0) is 17.0. The van der Waals surface area contributed by atoms with Gasteiger partial charge < -0.3 is 4.74 Å². The number of rotatable bonds is 6. The van der Waals surface area contributed by atoms with Crippen LogP contribution in [0.25, 0.3) is 0 Å². The average Bonchev–Trinajstić information content (AvgIpc) is 3.08. The van der Waals surface area contributed by atoms with Crippen LogP contribution in [0.5, 0.6) is 0 Å². The molecule has 1 aliphatic heterocycles. The summed E-state index contributed by atoms with van der Waals surface area (Å²) in [7, 11) is -1.39. The van der Waals surface area contributed by atoms with Gasteiger partial charge in [-0.2, -0.15) is 15.6 Å². The minimum Gasteiger partial charge on any atom is -0.379 e. The molecule has 2 aromatic rings. The van der Waals surface area contributed by atoms with E-state index in [4.69, 9.17) is 4.74 Å². The van der Waals surface area contributed by atoms with Crippen LogP contribution in [0.1, 0.15) is 11.1 Å². The third-order valence-electron chi connectivity index (χ3n) is 3.99. The van der Waals surface area contributed by atoms with E-state index in [0.717, 1.165) is 12.1 Å². The lowest BCUT2D eigenvalue weighted by atomic mass is 10.2. The Balaban J connectivity index is 1.71. The summed E-state index contributed by atoms with van der Waals surface area (Å²) in [6.45, 7) is 3.33. The van der Waals surface area contributed by atoms with Gasteiger partial charge in [0.2, 0.25) is 10.0 Å². The van der Waals surface area contributed by atoms with Crippen molar-refractivity contribution in [2.45, 2.75) is 18.0 Å². The maximum absolute atomic E-state index is 12.7. The Kier molecular flexibility index (Phi) is 5.68. The first-order valence-electron chi connectivity index (χ1n) is 7.92. The second-order valence-electron chi connectivity index (χ2n) is 5.97. The summed E-state index contributed by atoms with van der Waals surface area (Å²) in [5, 5.41) is 4.20. The molecule has 5 nitrogen and oxygen atoms in total. The SMILES string of the molecule is CN(Cc1ccsc1)Cc1cccc(S(=O)(=O)N2CCOCC2)c1. The van der Waals surface area contributed by atoms with Crippen LogP contribution in [0.2, 0.25) is 0 Å². The minimum absolute atomic E-state index is 0.367. The molecule has 1 aromatic heterocycles.